The Morgan fingerprint density at radius 1 is 0.540 bits per heavy atom. The van der Waals surface area contributed by atoms with E-state index in [9.17, 15) is 0 Å². The summed E-state index contributed by atoms with van der Waals surface area (Å²) in [5.74, 6) is 1.76. The van der Waals surface area contributed by atoms with Crippen molar-refractivity contribution < 1.29 is 10.2 Å². The lowest BCUT2D eigenvalue weighted by Crippen LogP contribution is -2.14. The van der Waals surface area contributed by atoms with Crippen molar-refractivity contribution in [2.45, 2.75) is 32.9 Å². The first-order chi connectivity index (χ1) is 32.5. The van der Waals surface area contributed by atoms with E-state index in [0.29, 0.717) is 45.8 Å². The minimum absolute atomic E-state index is 0.0895. The van der Waals surface area contributed by atoms with Crippen molar-refractivity contribution in [3.63, 3.8) is 0 Å². The van der Waals surface area contributed by atoms with Crippen LogP contribution in [0, 0.1) is 0 Å². The quantitative estimate of drug-likeness (QED) is 0.174. The highest BCUT2D eigenvalue weighted by atomic mass is 16.5. The molecule has 0 fully saturated rings. The molecule has 0 unspecified atom stereocenters. The molecule has 0 amide bonds. The van der Waals surface area contributed by atoms with Gasteiger partial charge in [0.15, 0.2) is 0 Å². The Kier molecular flexibility index (Phi) is 7.48. The van der Waals surface area contributed by atoms with E-state index in [0.717, 1.165) is 49.9 Å². The molecule has 1 aliphatic heterocycles. The Balaban J connectivity index is 1.04. The number of nitrogens with zero attached hydrogens (tertiary/aromatic N) is 4. The van der Waals surface area contributed by atoms with Crippen molar-refractivity contribution in [3.05, 3.63) is 206 Å². The van der Waals surface area contributed by atoms with Crippen molar-refractivity contribution in [3.8, 4) is 28.4 Å². The molecule has 63 heavy (non-hydrogen) atoms. The number of rotatable bonds is 5. The maximum absolute atomic E-state index is 9.08. The van der Waals surface area contributed by atoms with Crippen LogP contribution >= 0.6 is 0 Å². The Morgan fingerprint density at radius 2 is 1.19 bits per heavy atom. The third kappa shape index (κ3) is 6.03. The first-order valence-electron chi connectivity index (χ1n) is 23.4. The summed E-state index contributed by atoms with van der Waals surface area (Å²) in [7, 11) is 0. The van der Waals surface area contributed by atoms with Crippen LogP contribution in [-0.4, -0.2) is 14.1 Å². The normalized spacial score (nSPS) is 13.5. The summed E-state index contributed by atoms with van der Waals surface area (Å²) >= 11 is 0. The van der Waals surface area contributed by atoms with E-state index in [1.54, 1.807) is 6.20 Å². The van der Waals surface area contributed by atoms with Gasteiger partial charge in [-0.3, -0.25) is 4.57 Å². The van der Waals surface area contributed by atoms with Gasteiger partial charge in [0.25, 0.3) is 0 Å². The van der Waals surface area contributed by atoms with E-state index in [1.165, 1.54) is 21.5 Å². The van der Waals surface area contributed by atoms with Crippen molar-refractivity contribution >= 4 is 76.5 Å². The van der Waals surface area contributed by atoms with E-state index >= 15 is 0 Å². The summed E-state index contributed by atoms with van der Waals surface area (Å²) in [5.41, 5.74) is 8.54. The molecule has 302 valence electrons. The molecule has 0 N–H and O–H groups in total. The molecule has 0 spiro atoms. The number of ether oxygens (including phenoxy) is 1. The molecule has 0 radical (unpaired) electrons. The lowest BCUT2D eigenvalue weighted by molar-refractivity contribution is 0.483. The average Bonchev–Trinajstić information content (AvgIpc) is 3.92. The SMILES string of the molecule is [2H]c1c([2H])c([2H])c2c(c1[2H])c1ccc(Oc3cccc(N4Cn5c6c(-c7ccccc7)cccc6c6ccccc6c6ccccc6c6cccc4c65)c3)cc1n2-c1cc(C(C)(C)C)ccn1. The van der Waals surface area contributed by atoms with Gasteiger partial charge in [0, 0.05) is 51.1 Å². The van der Waals surface area contributed by atoms with Gasteiger partial charge in [0.2, 0.25) is 0 Å². The molecule has 12 rings (SSSR count). The molecule has 4 heterocycles. The van der Waals surface area contributed by atoms with Crippen LogP contribution in [0.15, 0.2) is 200 Å². The molecule has 0 saturated heterocycles. The van der Waals surface area contributed by atoms with Crippen LogP contribution in [0.1, 0.15) is 31.8 Å². The molecule has 3 aromatic heterocycles. The molecule has 8 aromatic carbocycles. The maximum atomic E-state index is 9.08. The average molecular weight is 817 g/mol. The van der Waals surface area contributed by atoms with Gasteiger partial charge in [-0.15, -0.1) is 0 Å². The van der Waals surface area contributed by atoms with Crippen molar-refractivity contribution in [1.82, 2.24) is 14.1 Å². The number of fused-ring (bicyclic) bond motifs is 10. The number of hydrogen-bond acceptors (Lipinski definition) is 3. The van der Waals surface area contributed by atoms with E-state index in [1.807, 2.05) is 47.0 Å². The highest BCUT2D eigenvalue weighted by Gasteiger charge is 2.26. The van der Waals surface area contributed by atoms with Gasteiger partial charge in [0.05, 0.1) is 33.2 Å². The van der Waals surface area contributed by atoms with Gasteiger partial charge < -0.3 is 14.2 Å². The molecule has 0 aliphatic carbocycles. The predicted octanol–water partition coefficient (Wildman–Crippen LogP) is 15.6. The van der Waals surface area contributed by atoms with E-state index in [-0.39, 0.29) is 29.6 Å². The minimum atomic E-state index is -0.290. The smallest absolute Gasteiger partial charge is 0.137 e. The summed E-state index contributed by atoms with van der Waals surface area (Å²) < 4.78 is 46.4. The van der Waals surface area contributed by atoms with Crippen LogP contribution in [0.3, 0.4) is 0 Å². The van der Waals surface area contributed by atoms with Gasteiger partial charge in [0.1, 0.15) is 24.0 Å². The molecule has 0 atom stereocenters. The third-order valence-corrected chi connectivity index (χ3v) is 12.6. The first-order valence-corrected chi connectivity index (χ1v) is 21.4. The number of pyridine rings is 1. The van der Waals surface area contributed by atoms with Crippen LogP contribution in [0.2, 0.25) is 0 Å². The fraction of sp³-hybridized carbons (Fsp3) is 0.0862. The first kappa shape index (κ1) is 32.8. The fourth-order valence-corrected chi connectivity index (χ4v) is 9.61. The summed E-state index contributed by atoms with van der Waals surface area (Å²) in [6, 6.07) is 58.5. The molecule has 5 nitrogen and oxygen atoms in total. The van der Waals surface area contributed by atoms with Crippen LogP contribution in [-0.2, 0) is 12.1 Å². The lowest BCUT2D eigenvalue weighted by Gasteiger charge is -2.21. The van der Waals surface area contributed by atoms with Crippen molar-refractivity contribution in [2.75, 3.05) is 4.90 Å². The lowest BCUT2D eigenvalue weighted by atomic mass is 9.88. The zero-order valence-electron chi connectivity index (χ0n) is 39.1. The van der Waals surface area contributed by atoms with Gasteiger partial charge in [-0.05, 0) is 86.6 Å². The number of para-hydroxylation sites is 3. The molecular formula is C58H44N4O. The van der Waals surface area contributed by atoms with Crippen molar-refractivity contribution in [1.29, 1.82) is 0 Å². The predicted molar refractivity (Wildman–Crippen MR) is 263 cm³/mol. The standard InChI is InChI=1S/C58H44N4O/c1-58(2,3)39-32-33-59-55(34-39)62-52-28-12-11-24-48(52)49-31-30-42(36-54(49)62)63-41-19-13-18-40(35-41)60-37-61-56-43(38-16-5-4-6-17-38)25-14-26-50(56)46-22-9-7-20-44(46)45-21-8-10-23-47(45)51-27-15-29-53(60)57(51)61/h4-36H,37H2,1-3H3/i11D,12D,24D,28D. The Labute approximate surface area is 371 Å². The molecule has 5 heteroatoms. The van der Waals surface area contributed by atoms with Gasteiger partial charge in [-0.1, -0.05) is 154 Å². The van der Waals surface area contributed by atoms with Crippen LogP contribution in [0.25, 0.3) is 82.1 Å². The molecular weight excluding hydrogens is 769 g/mol. The second kappa shape index (κ2) is 14.4. The second-order valence-electron chi connectivity index (χ2n) is 17.3. The second-order valence-corrected chi connectivity index (χ2v) is 17.3. The van der Waals surface area contributed by atoms with Crippen LogP contribution in [0.4, 0.5) is 11.4 Å². The third-order valence-electron chi connectivity index (χ3n) is 12.6. The van der Waals surface area contributed by atoms with E-state index in [4.69, 9.17) is 15.2 Å². The largest absolute Gasteiger partial charge is 0.457 e. The van der Waals surface area contributed by atoms with Crippen LogP contribution < -0.4 is 9.64 Å². The molecule has 1 aliphatic rings. The molecule has 11 aromatic rings. The maximum Gasteiger partial charge on any atom is 0.137 e. The highest BCUT2D eigenvalue weighted by molar-refractivity contribution is 6.22. The molecule has 0 bridgehead atoms. The van der Waals surface area contributed by atoms with Crippen molar-refractivity contribution in [2.24, 2.45) is 0 Å². The minimum Gasteiger partial charge on any atom is -0.457 e. The zero-order valence-corrected chi connectivity index (χ0v) is 35.1. The number of hydrogen-bond donors (Lipinski definition) is 0. The Bertz CT molecular complexity index is 3930. The zero-order chi connectivity index (χ0) is 45.7. The van der Waals surface area contributed by atoms with Gasteiger partial charge in [-0.25, -0.2) is 4.98 Å². The van der Waals surface area contributed by atoms with Crippen LogP contribution in [0.5, 0.6) is 11.5 Å². The number of anilines is 2. The summed E-state index contributed by atoms with van der Waals surface area (Å²) in [5, 5.41) is 8.17. The summed E-state index contributed by atoms with van der Waals surface area (Å²) in [6.45, 7) is 6.96. The topological polar surface area (TPSA) is 35.2 Å². The molecule has 0 saturated carbocycles. The fourth-order valence-electron chi connectivity index (χ4n) is 9.61. The Morgan fingerprint density at radius 3 is 1.95 bits per heavy atom. The van der Waals surface area contributed by atoms with Gasteiger partial charge >= 0.3 is 0 Å². The summed E-state index contributed by atoms with van der Waals surface area (Å²) in [4.78, 5) is 7.13. The summed E-state index contributed by atoms with van der Waals surface area (Å²) in [6.07, 6.45) is 1.76. The number of benzene rings is 8. The number of aromatic nitrogens is 3. The van der Waals surface area contributed by atoms with E-state index in [2.05, 4.69) is 158 Å². The van der Waals surface area contributed by atoms with Gasteiger partial charge in [-0.2, -0.15) is 0 Å². The Hall–Kier alpha value is -7.89. The van der Waals surface area contributed by atoms with E-state index < -0.39 is 0 Å². The highest BCUT2D eigenvalue weighted by Crippen LogP contribution is 2.45. The monoisotopic (exact) mass is 816 g/mol.